The Morgan fingerprint density at radius 2 is 2.32 bits per heavy atom. The zero-order valence-corrected chi connectivity index (χ0v) is 14.3. The highest BCUT2D eigenvalue weighted by atomic mass is 32.2. The fourth-order valence-corrected chi connectivity index (χ4v) is 3.76. The van der Waals surface area contributed by atoms with E-state index in [2.05, 4.69) is 9.62 Å². The molecule has 126 valence electrons. The summed E-state index contributed by atoms with van der Waals surface area (Å²) in [6.07, 6.45) is 4.91. The molecular formula is C15H27N3O3S. The standard InChI is InChI=1S/C15H27N3O3S/c1-3-17(2)22(19,20)16-9-8-14-6-4-10-18(12-14)13-15-7-5-11-21-15/h5,7,11,14,16H,3-4,6,8-10,12-13H2,1-2H3/t14-/m1/s1. The first-order valence-corrected chi connectivity index (χ1v) is 9.41. The SMILES string of the molecule is CCN(C)S(=O)(=O)NCC[C@H]1CCCN(Cc2ccco2)C1. The van der Waals surface area contributed by atoms with E-state index < -0.39 is 10.2 Å². The lowest BCUT2D eigenvalue weighted by atomic mass is 9.95. The Kier molecular flexibility index (Phi) is 6.43. The van der Waals surface area contributed by atoms with Crippen LogP contribution < -0.4 is 4.72 Å². The van der Waals surface area contributed by atoms with Crippen molar-refractivity contribution in [1.29, 1.82) is 0 Å². The number of hydrogen-bond acceptors (Lipinski definition) is 4. The van der Waals surface area contributed by atoms with Crippen molar-refractivity contribution >= 4 is 10.2 Å². The highest BCUT2D eigenvalue weighted by molar-refractivity contribution is 7.87. The molecule has 1 aliphatic rings. The van der Waals surface area contributed by atoms with Crippen molar-refractivity contribution < 1.29 is 12.8 Å². The molecule has 1 N–H and O–H groups in total. The van der Waals surface area contributed by atoms with Gasteiger partial charge in [0.1, 0.15) is 5.76 Å². The van der Waals surface area contributed by atoms with Crippen LogP contribution in [-0.2, 0) is 16.8 Å². The van der Waals surface area contributed by atoms with E-state index in [0.29, 0.717) is 19.0 Å². The molecule has 0 radical (unpaired) electrons. The molecule has 1 aromatic heterocycles. The third-order valence-electron chi connectivity index (χ3n) is 4.26. The fraction of sp³-hybridized carbons (Fsp3) is 0.733. The molecule has 2 heterocycles. The van der Waals surface area contributed by atoms with Crippen LogP contribution in [0.1, 0.15) is 31.9 Å². The second-order valence-corrected chi connectivity index (χ2v) is 7.79. The molecule has 0 amide bonds. The summed E-state index contributed by atoms with van der Waals surface area (Å²) in [5.41, 5.74) is 0. The van der Waals surface area contributed by atoms with E-state index in [-0.39, 0.29) is 0 Å². The van der Waals surface area contributed by atoms with Crippen molar-refractivity contribution in [2.24, 2.45) is 5.92 Å². The number of piperidine rings is 1. The van der Waals surface area contributed by atoms with Crippen molar-refractivity contribution in [3.8, 4) is 0 Å². The second kappa shape index (κ2) is 8.10. The van der Waals surface area contributed by atoms with E-state index in [4.69, 9.17) is 4.42 Å². The normalized spacial score (nSPS) is 20.6. The van der Waals surface area contributed by atoms with Gasteiger partial charge in [0.2, 0.25) is 0 Å². The molecular weight excluding hydrogens is 302 g/mol. The molecule has 1 fully saturated rings. The molecule has 2 rings (SSSR count). The maximum atomic E-state index is 11.9. The van der Waals surface area contributed by atoms with E-state index in [9.17, 15) is 8.42 Å². The van der Waals surface area contributed by atoms with Crippen LogP contribution in [-0.4, -0.2) is 50.8 Å². The first-order valence-electron chi connectivity index (χ1n) is 7.97. The minimum Gasteiger partial charge on any atom is -0.468 e. The van der Waals surface area contributed by atoms with Gasteiger partial charge in [0.15, 0.2) is 0 Å². The Morgan fingerprint density at radius 3 is 3.00 bits per heavy atom. The number of nitrogens with one attached hydrogen (secondary N) is 1. The van der Waals surface area contributed by atoms with Gasteiger partial charge in [-0.25, -0.2) is 4.72 Å². The van der Waals surface area contributed by atoms with Gasteiger partial charge in [-0.05, 0) is 43.9 Å². The molecule has 0 aromatic carbocycles. The maximum absolute atomic E-state index is 11.9. The lowest BCUT2D eigenvalue weighted by molar-refractivity contribution is 0.152. The number of rotatable bonds is 8. The van der Waals surface area contributed by atoms with Gasteiger partial charge in [-0.2, -0.15) is 12.7 Å². The fourth-order valence-electron chi connectivity index (χ4n) is 2.83. The van der Waals surface area contributed by atoms with Gasteiger partial charge in [0.25, 0.3) is 10.2 Å². The Morgan fingerprint density at radius 1 is 1.50 bits per heavy atom. The zero-order valence-electron chi connectivity index (χ0n) is 13.5. The molecule has 7 heteroatoms. The number of furan rings is 1. The van der Waals surface area contributed by atoms with E-state index in [0.717, 1.165) is 38.2 Å². The highest BCUT2D eigenvalue weighted by Gasteiger charge is 2.21. The van der Waals surface area contributed by atoms with Crippen LogP contribution in [0.4, 0.5) is 0 Å². The molecule has 1 atom stereocenters. The van der Waals surface area contributed by atoms with Crippen LogP contribution in [0.2, 0.25) is 0 Å². The summed E-state index contributed by atoms with van der Waals surface area (Å²) >= 11 is 0. The Hall–Kier alpha value is -0.890. The smallest absolute Gasteiger partial charge is 0.279 e. The number of hydrogen-bond donors (Lipinski definition) is 1. The van der Waals surface area contributed by atoms with Crippen LogP contribution in [0, 0.1) is 5.92 Å². The third-order valence-corrected chi connectivity index (χ3v) is 5.90. The van der Waals surface area contributed by atoms with Crippen molar-refractivity contribution in [2.45, 2.75) is 32.7 Å². The summed E-state index contributed by atoms with van der Waals surface area (Å²) in [6, 6.07) is 3.91. The molecule has 0 bridgehead atoms. The minimum absolute atomic E-state index is 0.482. The monoisotopic (exact) mass is 329 g/mol. The average molecular weight is 329 g/mol. The summed E-state index contributed by atoms with van der Waals surface area (Å²) in [5, 5.41) is 0. The molecule has 1 aromatic rings. The van der Waals surface area contributed by atoms with Crippen molar-refractivity contribution in [3.05, 3.63) is 24.2 Å². The first kappa shape index (κ1) is 17.5. The molecule has 0 aliphatic carbocycles. The quantitative estimate of drug-likeness (QED) is 0.788. The Balaban J connectivity index is 1.74. The van der Waals surface area contributed by atoms with Crippen LogP contribution >= 0.6 is 0 Å². The summed E-state index contributed by atoms with van der Waals surface area (Å²) < 4.78 is 33.1. The maximum Gasteiger partial charge on any atom is 0.279 e. The van der Waals surface area contributed by atoms with E-state index >= 15 is 0 Å². The highest BCUT2D eigenvalue weighted by Crippen LogP contribution is 2.21. The van der Waals surface area contributed by atoms with Gasteiger partial charge < -0.3 is 4.42 Å². The van der Waals surface area contributed by atoms with Gasteiger partial charge >= 0.3 is 0 Å². The molecule has 0 spiro atoms. The van der Waals surface area contributed by atoms with Crippen molar-refractivity contribution in [2.75, 3.05) is 33.2 Å². The van der Waals surface area contributed by atoms with Gasteiger partial charge in [0, 0.05) is 26.7 Å². The van der Waals surface area contributed by atoms with Crippen LogP contribution in [0.15, 0.2) is 22.8 Å². The van der Waals surface area contributed by atoms with Crippen molar-refractivity contribution in [3.63, 3.8) is 0 Å². The third kappa shape index (κ3) is 5.08. The Bertz CT molecular complexity index is 530. The summed E-state index contributed by atoms with van der Waals surface area (Å²) in [7, 11) is -1.72. The topological polar surface area (TPSA) is 65.8 Å². The van der Waals surface area contributed by atoms with Crippen molar-refractivity contribution in [1.82, 2.24) is 13.9 Å². The zero-order chi connectivity index (χ0) is 16.0. The predicted octanol–water partition coefficient (Wildman–Crippen LogP) is 1.67. The summed E-state index contributed by atoms with van der Waals surface area (Å²) in [6.45, 7) is 5.75. The summed E-state index contributed by atoms with van der Waals surface area (Å²) in [5.74, 6) is 1.53. The Labute approximate surface area is 133 Å². The van der Waals surface area contributed by atoms with Gasteiger partial charge in [-0.1, -0.05) is 6.92 Å². The van der Waals surface area contributed by atoms with Crippen LogP contribution in [0.5, 0.6) is 0 Å². The van der Waals surface area contributed by atoms with Gasteiger partial charge in [0.05, 0.1) is 12.8 Å². The van der Waals surface area contributed by atoms with Gasteiger partial charge in [-0.3, -0.25) is 4.90 Å². The molecule has 1 aliphatic heterocycles. The van der Waals surface area contributed by atoms with Crippen LogP contribution in [0.3, 0.4) is 0 Å². The first-order chi connectivity index (χ1) is 10.5. The van der Waals surface area contributed by atoms with Gasteiger partial charge in [-0.15, -0.1) is 0 Å². The molecule has 6 nitrogen and oxygen atoms in total. The molecule has 0 saturated carbocycles. The van der Waals surface area contributed by atoms with E-state index in [1.54, 1.807) is 13.3 Å². The molecule has 0 unspecified atom stereocenters. The van der Waals surface area contributed by atoms with E-state index in [1.807, 2.05) is 19.1 Å². The number of likely N-dealkylation sites (tertiary alicyclic amines) is 1. The minimum atomic E-state index is -3.31. The summed E-state index contributed by atoms with van der Waals surface area (Å²) in [4.78, 5) is 2.39. The molecule has 1 saturated heterocycles. The van der Waals surface area contributed by atoms with E-state index in [1.165, 1.54) is 10.7 Å². The second-order valence-electron chi connectivity index (χ2n) is 5.92. The largest absolute Gasteiger partial charge is 0.468 e. The lowest BCUT2D eigenvalue weighted by Crippen LogP contribution is -2.40. The number of nitrogens with zero attached hydrogens (tertiary/aromatic N) is 2. The molecule has 22 heavy (non-hydrogen) atoms. The average Bonchev–Trinajstić information content (AvgIpc) is 2.99. The predicted molar refractivity (Wildman–Crippen MR) is 86.6 cm³/mol. The van der Waals surface area contributed by atoms with Crippen LogP contribution in [0.25, 0.3) is 0 Å². The lowest BCUT2D eigenvalue weighted by Gasteiger charge is -2.32.